The molecular formula is C19H17N5O3. The Balaban J connectivity index is 1.73. The molecule has 0 bridgehead atoms. The number of nitrogens with zero attached hydrogens (tertiary/aromatic N) is 4. The third-order valence-electron chi connectivity index (χ3n) is 4.25. The predicted molar refractivity (Wildman–Crippen MR) is 96.9 cm³/mol. The van der Waals surface area contributed by atoms with Crippen molar-refractivity contribution in [2.45, 2.75) is 0 Å². The Hall–Kier alpha value is -3.73. The van der Waals surface area contributed by atoms with Crippen LogP contribution in [0.4, 0.5) is 5.69 Å². The minimum Gasteiger partial charge on any atom is -0.342 e. The van der Waals surface area contributed by atoms with Crippen molar-refractivity contribution in [3.8, 4) is 6.07 Å². The van der Waals surface area contributed by atoms with Crippen LogP contribution >= 0.6 is 0 Å². The highest BCUT2D eigenvalue weighted by molar-refractivity contribution is 6.04. The Bertz CT molecular complexity index is 914. The maximum absolute atomic E-state index is 12.6. The molecule has 1 aliphatic heterocycles. The molecule has 3 rings (SSSR count). The van der Waals surface area contributed by atoms with Crippen LogP contribution in [-0.2, 0) is 4.79 Å². The van der Waals surface area contributed by atoms with E-state index in [-0.39, 0.29) is 17.3 Å². The number of pyridine rings is 1. The van der Waals surface area contributed by atoms with Crippen LogP contribution in [0.5, 0.6) is 0 Å². The van der Waals surface area contributed by atoms with Gasteiger partial charge in [-0.15, -0.1) is 0 Å². The van der Waals surface area contributed by atoms with Gasteiger partial charge >= 0.3 is 0 Å². The van der Waals surface area contributed by atoms with Gasteiger partial charge in [-0.3, -0.25) is 14.4 Å². The van der Waals surface area contributed by atoms with E-state index in [0.29, 0.717) is 37.4 Å². The van der Waals surface area contributed by atoms with E-state index in [9.17, 15) is 14.4 Å². The number of carbonyl (C=O) groups excluding carboxylic acids is 3. The maximum atomic E-state index is 12.6. The Morgan fingerprint density at radius 2 is 1.74 bits per heavy atom. The van der Waals surface area contributed by atoms with Crippen LogP contribution < -0.4 is 5.32 Å². The summed E-state index contributed by atoms with van der Waals surface area (Å²) in [5.74, 6) is -0.786. The number of hydrogen-bond acceptors (Lipinski definition) is 5. The van der Waals surface area contributed by atoms with Gasteiger partial charge in [-0.1, -0.05) is 18.2 Å². The number of nitriles is 1. The molecule has 0 atom stereocenters. The van der Waals surface area contributed by atoms with E-state index < -0.39 is 5.91 Å². The molecule has 0 radical (unpaired) electrons. The summed E-state index contributed by atoms with van der Waals surface area (Å²) >= 11 is 0. The second-order valence-electron chi connectivity index (χ2n) is 5.95. The van der Waals surface area contributed by atoms with E-state index in [1.807, 2.05) is 6.07 Å². The van der Waals surface area contributed by atoms with Gasteiger partial charge in [0.05, 0.1) is 11.3 Å². The molecule has 1 aromatic heterocycles. The zero-order chi connectivity index (χ0) is 19.2. The lowest BCUT2D eigenvalue weighted by atomic mass is 10.2. The number of hydrogen-bond donors (Lipinski definition) is 1. The van der Waals surface area contributed by atoms with Gasteiger partial charge in [-0.2, -0.15) is 5.26 Å². The van der Waals surface area contributed by atoms with Crippen LogP contribution in [0.3, 0.4) is 0 Å². The molecule has 8 nitrogen and oxygen atoms in total. The third kappa shape index (κ3) is 4.10. The Kier molecular flexibility index (Phi) is 5.42. The summed E-state index contributed by atoms with van der Waals surface area (Å²) in [5.41, 5.74) is 0.968. The summed E-state index contributed by atoms with van der Waals surface area (Å²) in [6, 6.07) is 13.3. The van der Waals surface area contributed by atoms with E-state index in [0.717, 1.165) is 6.41 Å². The fourth-order valence-corrected chi connectivity index (χ4v) is 2.75. The van der Waals surface area contributed by atoms with E-state index >= 15 is 0 Å². The van der Waals surface area contributed by atoms with Crippen molar-refractivity contribution in [2.75, 3.05) is 31.5 Å². The van der Waals surface area contributed by atoms with Crippen molar-refractivity contribution in [3.63, 3.8) is 0 Å². The standard InChI is InChI=1S/C19H17N5O3/c20-12-14-4-1-2-5-15(14)22-18(26)16-6-3-7-17(21-16)19(27)24-10-8-23(13-25)9-11-24/h1-7,13H,8-11H2,(H,22,26). The summed E-state index contributed by atoms with van der Waals surface area (Å²) in [6.45, 7) is 1.79. The highest BCUT2D eigenvalue weighted by atomic mass is 16.2. The van der Waals surface area contributed by atoms with E-state index in [4.69, 9.17) is 5.26 Å². The van der Waals surface area contributed by atoms with Gasteiger partial charge in [-0.25, -0.2) is 4.98 Å². The van der Waals surface area contributed by atoms with Gasteiger partial charge in [-0.05, 0) is 24.3 Å². The van der Waals surface area contributed by atoms with Crippen LogP contribution in [0.2, 0.25) is 0 Å². The molecule has 1 N–H and O–H groups in total. The van der Waals surface area contributed by atoms with E-state index in [1.54, 1.807) is 46.2 Å². The van der Waals surface area contributed by atoms with Crippen LogP contribution in [-0.4, -0.2) is 59.2 Å². The number of benzene rings is 1. The van der Waals surface area contributed by atoms with Gasteiger partial charge in [0, 0.05) is 26.2 Å². The number of anilines is 1. The van der Waals surface area contributed by atoms with Crippen molar-refractivity contribution in [1.82, 2.24) is 14.8 Å². The average molecular weight is 363 g/mol. The normalized spacial score (nSPS) is 13.6. The molecule has 1 saturated heterocycles. The Morgan fingerprint density at radius 1 is 1.04 bits per heavy atom. The lowest BCUT2D eigenvalue weighted by molar-refractivity contribution is -0.119. The molecule has 1 fully saturated rings. The summed E-state index contributed by atoms with van der Waals surface area (Å²) < 4.78 is 0. The lowest BCUT2D eigenvalue weighted by Crippen LogP contribution is -2.48. The number of amides is 3. The molecule has 136 valence electrons. The monoisotopic (exact) mass is 363 g/mol. The molecule has 0 aliphatic carbocycles. The van der Waals surface area contributed by atoms with E-state index in [2.05, 4.69) is 10.3 Å². The summed E-state index contributed by atoms with van der Waals surface area (Å²) in [7, 11) is 0. The average Bonchev–Trinajstić information content (AvgIpc) is 2.73. The molecule has 0 spiro atoms. The molecule has 0 saturated carbocycles. The zero-order valence-electron chi connectivity index (χ0n) is 14.5. The zero-order valence-corrected chi connectivity index (χ0v) is 14.5. The summed E-state index contributed by atoms with van der Waals surface area (Å²) in [4.78, 5) is 43.2. The molecule has 27 heavy (non-hydrogen) atoms. The Morgan fingerprint density at radius 3 is 2.44 bits per heavy atom. The van der Waals surface area contributed by atoms with Crippen LogP contribution in [0.15, 0.2) is 42.5 Å². The quantitative estimate of drug-likeness (QED) is 0.819. The van der Waals surface area contributed by atoms with Gasteiger partial charge in [0.25, 0.3) is 11.8 Å². The van der Waals surface area contributed by atoms with Gasteiger partial charge in [0.1, 0.15) is 17.5 Å². The first-order chi connectivity index (χ1) is 13.1. The van der Waals surface area contributed by atoms with Gasteiger partial charge < -0.3 is 15.1 Å². The molecule has 1 aliphatic rings. The van der Waals surface area contributed by atoms with Crippen LogP contribution in [0, 0.1) is 11.3 Å². The molecule has 3 amide bonds. The minimum absolute atomic E-state index is 0.0834. The number of carbonyl (C=O) groups is 3. The molecule has 1 aromatic carbocycles. The Labute approximate surface area is 156 Å². The van der Waals surface area contributed by atoms with Crippen molar-refractivity contribution in [3.05, 3.63) is 59.4 Å². The number of nitrogens with one attached hydrogen (secondary N) is 1. The van der Waals surface area contributed by atoms with Crippen molar-refractivity contribution < 1.29 is 14.4 Å². The molecule has 2 aromatic rings. The summed E-state index contributed by atoms with van der Waals surface area (Å²) in [6.07, 6.45) is 0.768. The smallest absolute Gasteiger partial charge is 0.274 e. The minimum atomic E-state index is -0.502. The van der Waals surface area contributed by atoms with Crippen LogP contribution in [0.1, 0.15) is 26.5 Å². The summed E-state index contributed by atoms with van der Waals surface area (Å²) in [5, 5.41) is 11.7. The van der Waals surface area contributed by atoms with Crippen LogP contribution in [0.25, 0.3) is 0 Å². The third-order valence-corrected chi connectivity index (χ3v) is 4.25. The number of piperazine rings is 1. The lowest BCUT2D eigenvalue weighted by Gasteiger charge is -2.32. The number of rotatable bonds is 4. The molecular weight excluding hydrogens is 346 g/mol. The molecule has 8 heteroatoms. The molecule has 0 unspecified atom stereocenters. The molecule has 2 heterocycles. The number of aromatic nitrogens is 1. The van der Waals surface area contributed by atoms with Crippen molar-refractivity contribution in [1.29, 1.82) is 5.26 Å². The SMILES string of the molecule is N#Cc1ccccc1NC(=O)c1cccc(C(=O)N2CCN(C=O)CC2)n1. The first-order valence-corrected chi connectivity index (χ1v) is 8.38. The largest absolute Gasteiger partial charge is 0.342 e. The fraction of sp³-hybridized carbons (Fsp3) is 0.211. The highest BCUT2D eigenvalue weighted by Crippen LogP contribution is 2.15. The van der Waals surface area contributed by atoms with Crippen molar-refractivity contribution in [2.24, 2.45) is 0 Å². The number of para-hydroxylation sites is 1. The van der Waals surface area contributed by atoms with Gasteiger partial charge in [0.15, 0.2) is 0 Å². The second-order valence-corrected chi connectivity index (χ2v) is 5.95. The predicted octanol–water partition coefficient (Wildman–Crippen LogP) is 1.12. The highest BCUT2D eigenvalue weighted by Gasteiger charge is 2.23. The first-order valence-electron chi connectivity index (χ1n) is 8.38. The fourth-order valence-electron chi connectivity index (χ4n) is 2.75. The van der Waals surface area contributed by atoms with Crippen molar-refractivity contribution >= 4 is 23.9 Å². The maximum Gasteiger partial charge on any atom is 0.274 e. The van der Waals surface area contributed by atoms with E-state index in [1.165, 1.54) is 6.07 Å². The first kappa shape index (κ1) is 18.1. The van der Waals surface area contributed by atoms with Gasteiger partial charge in [0.2, 0.25) is 6.41 Å². The second kappa shape index (κ2) is 8.10. The topological polar surface area (TPSA) is 106 Å².